The Morgan fingerprint density at radius 2 is 0.833 bits per heavy atom. The van der Waals surface area contributed by atoms with Crippen molar-refractivity contribution >= 4 is 10.1 Å². The Balaban J connectivity index is 0. The minimum atomic E-state index is -6.92. The second-order valence-corrected chi connectivity index (χ2v) is 7.44. The van der Waals surface area contributed by atoms with E-state index in [9.17, 15) is 74.4 Å². The number of hydrogen-bond donors (Lipinski definition) is 1. The van der Waals surface area contributed by atoms with Gasteiger partial charge in [0, 0.05) is 18.6 Å². The first kappa shape index (κ1) is 31.1. The highest BCUT2D eigenvalue weighted by Crippen LogP contribution is 2.54. The molecule has 0 saturated carbocycles. The molecule has 0 aromatic rings. The van der Waals surface area contributed by atoms with Crippen LogP contribution in [0.4, 0.5) is 61.5 Å². The summed E-state index contributed by atoms with van der Waals surface area (Å²) in [5, 5.41) is 0. The lowest BCUT2D eigenvalue weighted by molar-refractivity contribution is -0.356. The second-order valence-electron chi connectivity index (χ2n) is 5.92. The van der Waals surface area contributed by atoms with Crippen molar-refractivity contribution < 1.29 is 74.4 Å². The highest BCUT2D eigenvalue weighted by molar-refractivity contribution is 7.85. The van der Waals surface area contributed by atoms with Crippen LogP contribution < -0.4 is 6.15 Å². The van der Waals surface area contributed by atoms with Crippen LogP contribution >= 0.6 is 0 Å². The van der Waals surface area contributed by atoms with Crippen molar-refractivity contribution in [1.29, 1.82) is 0 Å². The fourth-order valence-corrected chi connectivity index (χ4v) is 2.79. The topological polar surface area (TPSA) is 93.7 Å². The quantitative estimate of drug-likeness (QED) is 0.373. The molecule has 0 aromatic carbocycles. The molecule has 0 amide bonds. The zero-order valence-corrected chi connectivity index (χ0v) is 15.1. The van der Waals surface area contributed by atoms with E-state index in [1.54, 1.807) is 0 Å². The highest BCUT2D eigenvalue weighted by Gasteiger charge is 2.75. The smallest absolute Gasteiger partial charge is 0.431 e. The largest absolute Gasteiger partial charge is 0.748 e. The molecule has 4 N–H and O–H groups in total. The molecule has 0 atom stereocenters. The van der Waals surface area contributed by atoms with Gasteiger partial charge in [0.05, 0.1) is 10.1 Å². The van der Waals surface area contributed by atoms with Crippen LogP contribution in [0.15, 0.2) is 0 Å². The molecule has 0 radical (unpaired) electrons. The lowest BCUT2D eigenvalue weighted by atomic mass is 9.81. The minimum absolute atomic E-state index is 0. The van der Waals surface area contributed by atoms with Gasteiger partial charge in [-0.1, -0.05) is 0 Å². The third-order valence-corrected chi connectivity index (χ3v) is 4.45. The summed E-state index contributed by atoms with van der Waals surface area (Å²) in [6.07, 6.45) is -36.2. The van der Waals surface area contributed by atoms with E-state index < -0.39 is 77.1 Å². The van der Waals surface area contributed by atoms with Gasteiger partial charge in [0.25, 0.3) is 11.3 Å². The Hall–Kier alpha value is -1.11. The molecule has 0 bridgehead atoms. The zero-order chi connectivity index (χ0) is 23.9. The molecular weight excluding hydrogens is 492 g/mol. The highest BCUT2D eigenvalue weighted by atomic mass is 32.2. The van der Waals surface area contributed by atoms with Crippen molar-refractivity contribution in [2.24, 2.45) is 5.92 Å². The second kappa shape index (κ2) is 8.79. The maximum atomic E-state index is 13.7. The molecule has 0 aliphatic carbocycles. The van der Waals surface area contributed by atoms with Crippen LogP contribution in [0, 0.1) is 5.92 Å². The number of halogens is 14. The van der Waals surface area contributed by atoms with Crippen LogP contribution in [-0.2, 0) is 10.1 Å². The molecule has 19 heteroatoms. The van der Waals surface area contributed by atoms with Gasteiger partial charge in [-0.15, -0.1) is 0 Å². The molecule has 0 rings (SSSR count). The SMILES string of the molecule is O=S(=O)([O-])CCC(CC(F)(C(F)(F)F)C(F)(F)F)CC(F)(C(F)(F)F)C(F)(F)F.[NH4+]. The van der Waals surface area contributed by atoms with Crippen molar-refractivity contribution in [3.63, 3.8) is 0 Å². The maximum Gasteiger partial charge on any atom is 0.431 e. The fraction of sp³-hybridized carbons (Fsp3) is 1.00. The van der Waals surface area contributed by atoms with Gasteiger partial charge in [-0.3, -0.25) is 0 Å². The van der Waals surface area contributed by atoms with E-state index in [0.29, 0.717) is 0 Å². The Morgan fingerprint density at radius 3 is 1.00 bits per heavy atom. The molecule has 0 aliphatic rings. The third kappa shape index (κ3) is 6.96. The van der Waals surface area contributed by atoms with Crippen molar-refractivity contribution in [2.45, 2.75) is 55.3 Å². The van der Waals surface area contributed by atoms with Crippen molar-refractivity contribution in [3.05, 3.63) is 0 Å². The summed E-state index contributed by atoms with van der Waals surface area (Å²) in [4.78, 5) is 0. The van der Waals surface area contributed by atoms with E-state index in [4.69, 9.17) is 0 Å². The van der Waals surface area contributed by atoms with E-state index in [1.807, 2.05) is 0 Å². The minimum Gasteiger partial charge on any atom is -0.748 e. The van der Waals surface area contributed by atoms with E-state index in [-0.39, 0.29) is 6.15 Å². The van der Waals surface area contributed by atoms with Crippen LogP contribution in [-0.4, -0.2) is 54.8 Å². The van der Waals surface area contributed by atoms with Crippen molar-refractivity contribution in [2.75, 3.05) is 5.75 Å². The number of quaternary nitrogens is 1. The van der Waals surface area contributed by atoms with Gasteiger partial charge in [-0.2, -0.15) is 52.7 Å². The van der Waals surface area contributed by atoms with E-state index >= 15 is 0 Å². The summed E-state index contributed by atoms with van der Waals surface area (Å²) < 4.78 is 209. The van der Waals surface area contributed by atoms with E-state index in [0.717, 1.165) is 0 Å². The average Bonchev–Trinajstić information content (AvgIpc) is 2.38. The summed E-state index contributed by atoms with van der Waals surface area (Å²) >= 11 is 0. The van der Waals surface area contributed by atoms with Crippen LogP contribution in [0.2, 0.25) is 0 Å². The first-order valence-corrected chi connectivity index (χ1v) is 8.44. The maximum absolute atomic E-state index is 13.7. The predicted molar refractivity (Wildman–Crippen MR) is 69.8 cm³/mol. The van der Waals surface area contributed by atoms with Crippen LogP contribution in [0.3, 0.4) is 0 Å². The van der Waals surface area contributed by atoms with Gasteiger partial charge in [-0.25, -0.2) is 17.2 Å². The molecule has 0 saturated heterocycles. The zero-order valence-electron chi connectivity index (χ0n) is 14.3. The van der Waals surface area contributed by atoms with E-state index in [2.05, 4.69) is 0 Å². The van der Waals surface area contributed by atoms with Gasteiger partial charge in [0.1, 0.15) is 0 Å². The summed E-state index contributed by atoms with van der Waals surface area (Å²) in [7, 11) is -5.59. The van der Waals surface area contributed by atoms with E-state index in [1.165, 1.54) is 0 Å². The summed E-state index contributed by atoms with van der Waals surface area (Å²) in [5.41, 5.74) is -12.8. The molecular formula is C11H13F14NO3S. The average molecular weight is 505 g/mol. The molecule has 0 aliphatic heterocycles. The standard InChI is InChI=1S/C11H10F14O3S.H3N/c12-6(8(14,15)16,9(17,18)19)3-5(1-2-29(26,27)28)4-7(13,10(20,21)22)11(23,24)25;/h5H,1-4H2,(H,26,27,28);1H3. The summed E-state index contributed by atoms with van der Waals surface area (Å²) in [6, 6.07) is 0. The Morgan fingerprint density at radius 1 is 0.600 bits per heavy atom. The first-order chi connectivity index (χ1) is 12.3. The fourth-order valence-electron chi connectivity index (χ4n) is 2.17. The summed E-state index contributed by atoms with van der Waals surface area (Å²) in [6.45, 7) is 0. The number of rotatable bonds is 7. The van der Waals surface area contributed by atoms with Gasteiger partial charge in [-0.05, 0) is 12.3 Å². The van der Waals surface area contributed by atoms with Crippen molar-refractivity contribution in [1.82, 2.24) is 6.15 Å². The Bertz CT molecular complexity index is 595. The van der Waals surface area contributed by atoms with Gasteiger partial charge < -0.3 is 10.7 Å². The van der Waals surface area contributed by atoms with Gasteiger partial charge in [0.15, 0.2) is 0 Å². The lowest BCUT2D eigenvalue weighted by Crippen LogP contribution is -2.57. The molecule has 184 valence electrons. The van der Waals surface area contributed by atoms with Crippen LogP contribution in [0.1, 0.15) is 19.3 Å². The Labute approximate surface area is 158 Å². The number of alkyl halides is 14. The molecule has 0 fully saturated rings. The van der Waals surface area contributed by atoms with Crippen LogP contribution in [0.5, 0.6) is 0 Å². The normalized spacial score (nSPS) is 15.3. The monoisotopic (exact) mass is 505 g/mol. The van der Waals surface area contributed by atoms with Gasteiger partial charge in [0.2, 0.25) is 0 Å². The molecule has 0 aromatic heterocycles. The molecule has 4 nitrogen and oxygen atoms in total. The molecule has 0 heterocycles. The summed E-state index contributed by atoms with van der Waals surface area (Å²) in [5.74, 6) is -5.53. The van der Waals surface area contributed by atoms with Crippen molar-refractivity contribution in [3.8, 4) is 0 Å². The number of hydrogen-bond acceptors (Lipinski definition) is 3. The molecule has 30 heavy (non-hydrogen) atoms. The molecule has 0 spiro atoms. The lowest BCUT2D eigenvalue weighted by Gasteiger charge is -2.37. The molecule has 0 unspecified atom stereocenters. The third-order valence-electron chi connectivity index (χ3n) is 3.71. The predicted octanol–water partition coefficient (Wildman–Crippen LogP) is 5.36. The van der Waals surface area contributed by atoms with Gasteiger partial charge >= 0.3 is 24.7 Å². The van der Waals surface area contributed by atoms with Crippen LogP contribution in [0.25, 0.3) is 0 Å². The first-order valence-electron chi connectivity index (χ1n) is 6.87. The Kier molecular flexibility index (Phi) is 9.11.